The summed E-state index contributed by atoms with van der Waals surface area (Å²) in [5.41, 5.74) is 0.967. The number of amides is 1. The van der Waals surface area contributed by atoms with Crippen LogP contribution in [0.4, 0.5) is 14.5 Å². The van der Waals surface area contributed by atoms with Gasteiger partial charge in [-0.15, -0.1) is 11.3 Å². The van der Waals surface area contributed by atoms with Gasteiger partial charge in [-0.25, -0.2) is 4.98 Å². The number of hydrogen-bond acceptors (Lipinski definition) is 5. The summed E-state index contributed by atoms with van der Waals surface area (Å²) in [6.07, 6.45) is 0. The maximum absolute atomic E-state index is 12.5. The molecule has 0 atom stereocenters. The molecule has 1 heterocycles. The number of aryl methyl sites for hydroxylation is 1. The second-order valence-electron chi connectivity index (χ2n) is 5.32. The molecule has 24 heavy (non-hydrogen) atoms. The number of ether oxygens (including phenoxy) is 2. The molecule has 0 spiro atoms. The number of anilines is 1. The first-order valence-corrected chi connectivity index (χ1v) is 8.05. The Labute approximate surface area is 142 Å². The van der Waals surface area contributed by atoms with Gasteiger partial charge in [-0.2, -0.15) is 8.78 Å². The number of thiazole rings is 1. The number of aromatic nitrogens is 1. The summed E-state index contributed by atoms with van der Waals surface area (Å²) >= 11 is 1.32. The number of carbonyl (C=O) groups is 1. The zero-order valence-corrected chi connectivity index (χ0v) is 14.5. The lowest BCUT2D eigenvalue weighted by Gasteiger charge is -2.12. The van der Waals surface area contributed by atoms with Crippen molar-refractivity contribution in [3.8, 4) is 11.5 Å². The van der Waals surface area contributed by atoms with E-state index in [0.717, 1.165) is 5.01 Å². The molecule has 2 aromatic rings. The number of carbonyl (C=O) groups excluding carboxylic acids is 1. The van der Waals surface area contributed by atoms with Crippen molar-refractivity contribution in [3.05, 3.63) is 33.8 Å². The van der Waals surface area contributed by atoms with Crippen molar-refractivity contribution in [3.63, 3.8) is 0 Å². The van der Waals surface area contributed by atoms with Gasteiger partial charge >= 0.3 is 6.61 Å². The van der Waals surface area contributed by atoms with Crippen LogP contribution >= 0.6 is 11.3 Å². The van der Waals surface area contributed by atoms with Crippen molar-refractivity contribution >= 4 is 22.9 Å². The summed E-state index contributed by atoms with van der Waals surface area (Å²) in [6.45, 7) is 2.77. The molecule has 1 N–H and O–H groups in total. The van der Waals surface area contributed by atoms with Crippen LogP contribution in [-0.4, -0.2) is 24.6 Å². The first-order valence-electron chi connectivity index (χ1n) is 7.23. The highest BCUT2D eigenvalue weighted by Crippen LogP contribution is 2.32. The number of nitrogens with zero attached hydrogens (tertiary/aromatic N) is 1. The van der Waals surface area contributed by atoms with Crippen LogP contribution in [-0.2, 0) is 0 Å². The van der Waals surface area contributed by atoms with E-state index in [9.17, 15) is 13.6 Å². The standard InChI is InChI=1S/C16H18F2N2O3S/c1-8(2)15-19-9(3)13(24-15)14(21)20-10-5-6-11(22-4)12(7-10)23-16(17)18/h5-8,16H,1-4H3,(H,20,21). The van der Waals surface area contributed by atoms with E-state index >= 15 is 0 Å². The smallest absolute Gasteiger partial charge is 0.387 e. The number of benzene rings is 1. The molecule has 0 unspecified atom stereocenters. The quantitative estimate of drug-likeness (QED) is 0.831. The Bertz CT molecular complexity index is 732. The van der Waals surface area contributed by atoms with E-state index in [-0.39, 0.29) is 23.3 Å². The van der Waals surface area contributed by atoms with Crippen molar-refractivity contribution in [1.29, 1.82) is 0 Å². The van der Waals surface area contributed by atoms with Crippen molar-refractivity contribution in [2.75, 3.05) is 12.4 Å². The Kier molecular flexibility index (Phi) is 5.71. The van der Waals surface area contributed by atoms with Gasteiger partial charge < -0.3 is 14.8 Å². The first kappa shape index (κ1) is 18.1. The van der Waals surface area contributed by atoms with Gasteiger partial charge in [0.15, 0.2) is 11.5 Å². The lowest BCUT2D eigenvalue weighted by Crippen LogP contribution is -2.12. The molecule has 0 aliphatic rings. The Morgan fingerprint density at radius 2 is 2.00 bits per heavy atom. The molecule has 0 fully saturated rings. The summed E-state index contributed by atoms with van der Waals surface area (Å²) < 4.78 is 34.3. The van der Waals surface area contributed by atoms with E-state index in [4.69, 9.17) is 4.74 Å². The normalized spacial score (nSPS) is 11.0. The lowest BCUT2D eigenvalue weighted by atomic mass is 10.2. The number of halogens is 2. The first-order chi connectivity index (χ1) is 11.3. The molecule has 1 aromatic heterocycles. The molecule has 1 aromatic carbocycles. The SMILES string of the molecule is COc1ccc(NC(=O)c2sc(C(C)C)nc2C)cc1OC(F)F. The molecular formula is C16H18F2N2O3S. The molecule has 0 radical (unpaired) electrons. The number of hydrogen-bond donors (Lipinski definition) is 1. The van der Waals surface area contributed by atoms with Crippen molar-refractivity contribution in [2.24, 2.45) is 0 Å². The molecule has 1 amide bonds. The number of alkyl halides is 2. The van der Waals surface area contributed by atoms with Gasteiger partial charge in [-0.1, -0.05) is 13.8 Å². The Morgan fingerprint density at radius 1 is 1.29 bits per heavy atom. The third-order valence-electron chi connectivity index (χ3n) is 3.15. The highest BCUT2D eigenvalue weighted by molar-refractivity contribution is 7.14. The van der Waals surface area contributed by atoms with Gasteiger partial charge in [0, 0.05) is 17.7 Å². The van der Waals surface area contributed by atoms with Gasteiger partial charge in [-0.3, -0.25) is 4.79 Å². The van der Waals surface area contributed by atoms with Gasteiger partial charge in [0.25, 0.3) is 5.91 Å². The summed E-state index contributed by atoms with van der Waals surface area (Å²) in [4.78, 5) is 17.3. The zero-order chi connectivity index (χ0) is 17.9. The van der Waals surface area contributed by atoms with Crippen LogP contribution in [0.15, 0.2) is 18.2 Å². The fourth-order valence-corrected chi connectivity index (χ4v) is 2.97. The topological polar surface area (TPSA) is 60.5 Å². The van der Waals surface area contributed by atoms with Crippen LogP contribution in [0.2, 0.25) is 0 Å². The average molecular weight is 356 g/mol. The molecule has 0 saturated carbocycles. The Hall–Kier alpha value is -2.22. The van der Waals surface area contributed by atoms with E-state index in [2.05, 4.69) is 15.0 Å². The molecule has 2 rings (SSSR count). The highest BCUT2D eigenvalue weighted by Gasteiger charge is 2.18. The van der Waals surface area contributed by atoms with E-state index in [1.54, 1.807) is 13.0 Å². The predicted octanol–water partition coefficient (Wildman–Crippen LogP) is 4.44. The van der Waals surface area contributed by atoms with Gasteiger partial charge in [0.2, 0.25) is 0 Å². The second kappa shape index (κ2) is 7.57. The fourth-order valence-electron chi connectivity index (χ4n) is 2.01. The van der Waals surface area contributed by atoms with Gasteiger partial charge in [-0.05, 0) is 19.1 Å². The number of methoxy groups -OCH3 is 1. The van der Waals surface area contributed by atoms with E-state index < -0.39 is 6.61 Å². The molecule has 5 nitrogen and oxygen atoms in total. The van der Waals surface area contributed by atoms with Crippen LogP contribution in [0, 0.1) is 6.92 Å². The number of rotatable bonds is 6. The fraction of sp³-hybridized carbons (Fsp3) is 0.375. The summed E-state index contributed by atoms with van der Waals surface area (Å²) in [5.74, 6) is -0.106. The second-order valence-corrected chi connectivity index (χ2v) is 6.35. The summed E-state index contributed by atoms with van der Waals surface area (Å²) in [6, 6.07) is 4.30. The van der Waals surface area contributed by atoms with E-state index in [1.165, 1.54) is 30.6 Å². The molecule has 0 aliphatic carbocycles. The van der Waals surface area contributed by atoms with Gasteiger partial charge in [0.05, 0.1) is 17.8 Å². The van der Waals surface area contributed by atoms with E-state index in [1.807, 2.05) is 13.8 Å². The minimum absolute atomic E-state index is 0.144. The molecular weight excluding hydrogens is 338 g/mol. The zero-order valence-electron chi connectivity index (χ0n) is 13.7. The van der Waals surface area contributed by atoms with Crippen molar-refractivity contribution in [2.45, 2.75) is 33.3 Å². The lowest BCUT2D eigenvalue weighted by molar-refractivity contribution is -0.0511. The minimum atomic E-state index is -2.98. The van der Waals surface area contributed by atoms with E-state index in [0.29, 0.717) is 16.3 Å². The highest BCUT2D eigenvalue weighted by atomic mass is 32.1. The minimum Gasteiger partial charge on any atom is -0.493 e. The molecule has 0 bridgehead atoms. The van der Waals surface area contributed by atoms with Crippen LogP contribution in [0.3, 0.4) is 0 Å². The average Bonchev–Trinajstić information content (AvgIpc) is 2.89. The molecule has 130 valence electrons. The third-order valence-corrected chi connectivity index (χ3v) is 4.61. The largest absolute Gasteiger partial charge is 0.493 e. The summed E-state index contributed by atoms with van der Waals surface area (Å²) in [5, 5.41) is 3.54. The molecule has 0 saturated heterocycles. The number of nitrogens with one attached hydrogen (secondary N) is 1. The van der Waals surface area contributed by atoms with Crippen LogP contribution in [0.25, 0.3) is 0 Å². The van der Waals surface area contributed by atoms with Crippen LogP contribution in [0.5, 0.6) is 11.5 Å². The van der Waals surface area contributed by atoms with Gasteiger partial charge in [0.1, 0.15) is 4.88 Å². The molecule has 8 heteroatoms. The maximum atomic E-state index is 12.5. The predicted molar refractivity (Wildman–Crippen MR) is 88.5 cm³/mol. The molecule has 0 aliphatic heterocycles. The Balaban J connectivity index is 2.22. The maximum Gasteiger partial charge on any atom is 0.387 e. The van der Waals surface area contributed by atoms with Crippen LogP contribution in [0.1, 0.15) is 40.1 Å². The van der Waals surface area contributed by atoms with Crippen LogP contribution < -0.4 is 14.8 Å². The van der Waals surface area contributed by atoms with Crippen molar-refractivity contribution in [1.82, 2.24) is 4.98 Å². The summed E-state index contributed by atoms with van der Waals surface area (Å²) in [7, 11) is 1.35. The Morgan fingerprint density at radius 3 is 2.54 bits per heavy atom. The third kappa shape index (κ3) is 4.19. The van der Waals surface area contributed by atoms with Crippen molar-refractivity contribution < 1.29 is 23.0 Å². The monoisotopic (exact) mass is 356 g/mol.